The van der Waals surface area contributed by atoms with Gasteiger partial charge in [0.1, 0.15) is 0 Å². The molecule has 52 heavy (non-hydrogen) atoms. The van der Waals surface area contributed by atoms with Crippen molar-refractivity contribution in [1.29, 1.82) is 0 Å². The Morgan fingerprint density at radius 3 is 1.52 bits per heavy atom. The zero-order valence-corrected chi connectivity index (χ0v) is 36.8. The Labute approximate surface area is 340 Å². The van der Waals surface area contributed by atoms with Crippen molar-refractivity contribution in [3.05, 3.63) is 155 Å². The van der Waals surface area contributed by atoms with Gasteiger partial charge in [-0.25, -0.2) is 0 Å². The number of hydrogen-bond acceptors (Lipinski definition) is 0. The Hall–Kier alpha value is -2.44. The van der Waals surface area contributed by atoms with Crippen LogP contribution in [0.5, 0.6) is 0 Å². The summed E-state index contributed by atoms with van der Waals surface area (Å²) in [7, 11) is 0. The third-order valence-corrected chi connectivity index (χ3v) is 14.3. The first-order chi connectivity index (χ1) is 23.5. The number of rotatable bonds is 3. The summed E-state index contributed by atoms with van der Waals surface area (Å²) in [6.07, 6.45) is 12.9. The molecule has 0 saturated heterocycles. The Morgan fingerprint density at radius 1 is 0.577 bits per heavy atom. The third kappa shape index (κ3) is 6.05. The predicted molar refractivity (Wildman–Crippen MR) is 209 cm³/mol. The molecule has 8 rings (SSSR count). The van der Waals surface area contributed by atoms with Crippen LogP contribution < -0.4 is 35.3 Å². The van der Waals surface area contributed by atoms with E-state index in [-0.39, 0.29) is 46.5 Å². The van der Waals surface area contributed by atoms with Crippen LogP contribution in [0, 0.1) is 24.3 Å². The van der Waals surface area contributed by atoms with Crippen molar-refractivity contribution in [2.45, 2.75) is 123 Å². The first-order valence-electron chi connectivity index (χ1n) is 18.9. The Balaban J connectivity index is 0.00000232. The molecule has 267 valence electrons. The number of allylic oxidation sites excluding steroid dienone is 4. The van der Waals surface area contributed by atoms with E-state index in [0.29, 0.717) is 0 Å². The second kappa shape index (κ2) is 13.4. The van der Waals surface area contributed by atoms with E-state index in [1.54, 1.807) is 31.1 Å². The minimum absolute atomic E-state index is 0. The van der Waals surface area contributed by atoms with Gasteiger partial charge >= 0.3 is 318 Å². The van der Waals surface area contributed by atoms with Crippen LogP contribution in [0.25, 0.3) is 14.4 Å². The molecule has 4 aromatic rings. The molecular formula is C49H53Cl2Zr. The molecule has 3 heteroatoms. The maximum atomic E-state index is 2.69. The van der Waals surface area contributed by atoms with Gasteiger partial charge < -0.3 is 24.8 Å². The molecule has 0 radical (unpaired) electrons. The average molecular weight is 804 g/mol. The van der Waals surface area contributed by atoms with E-state index < -0.39 is 0 Å². The van der Waals surface area contributed by atoms with Gasteiger partial charge in [-0.2, -0.15) is 0 Å². The smallest absolute Gasteiger partial charge is 1.00 e. The van der Waals surface area contributed by atoms with Gasteiger partial charge in [-0.1, -0.05) is 0 Å². The van der Waals surface area contributed by atoms with Crippen LogP contribution >= 0.6 is 0 Å². The van der Waals surface area contributed by atoms with E-state index in [1.807, 2.05) is 0 Å². The second-order valence-electron chi connectivity index (χ2n) is 18.5. The average Bonchev–Trinajstić information content (AvgIpc) is 3.70. The van der Waals surface area contributed by atoms with Gasteiger partial charge in [-0.3, -0.25) is 0 Å². The molecule has 0 aliphatic heterocycles. The maximum absolute atomic E-state index is 2.69. The molecule has 0 heterocycles. The zero-order valence-electron chi connectivity index (χ0n) is 32.8. The fraction of sp³-hybridized carbons (Fsp3) is 0.388. The Kier molecular flexibility index (Phi) is 10.1. The standard InChI is InChI=1S/C49H53.2ClH.Zr/c1-30-15-19-33(20-16-30)40(34-21-17-31(2)18-22-34)43-42-36-29-39-38(46(3,4)23-24-47(39,5)6)28-35(36)27-37(42)41(32-13-11-12-14-32)44-45(43)49(9,10)26-25-48(44,7)8;;;/h11-13,15-22,28-29H,14,23-26H2,1-10H3;2*1H;/q;;;+2/p-2. The third-order valence-electron chi connectivity index (χ3n) is 13.0. The fourth-order valence-corrected chi connectivity index (χ4v) is 10.9. The number of aryl methyl sites for hydroxylation is 2. The molecule has 4 aliphatic carbocycles. The first kappa shape index (κ1) is 39.3. The second-order valence-corrected chi connectivity index (χ2v) is 19.8. The summed E-state index contributed by atoms with van der Waals surface area (Å²) >= 11 is 1.51. The zero-order chi connectivity index (χ0) is 35.5. The Bertz CT molecular complexity index is 2350. The van der Waals surface area contributed by atoms with Crippen LogP contribution in [0.1, 0.15) is 143 Å². The summed E-state index contributed by atoms with van der Waals surface area (Å²) in [6.45, 7) is 24.5. The minimum atomic E-state index is 0. The Morgan fingerprint density at radius 2 is 1.04 bits per heavy atom. The molecule has 4 aromatic carbocycles. The van der Waals surface area contributed by atoms with E-state index >= 15 is 0 Å². The molecule has 0 unspecified atom stereocenters. The van der Waals surface area contributed by atoms with Crippen molar-refractivity contribution in [2.75, 3.05) is 0 Å². The molecule has 0 aromatic heterocycles. The molecule has 0 saturated carbocycles. The van der Waals surface area contributed by atoms with Crippen molar-refractivity contribution in [1.82, 2.24) is 0 Å². The van der Waals surface area contributed by atoms with Crippen LogP contribution in [-0.2, 0) is 46.4 Å². The molecule has 0 amide bonds. The van der Waals surface area contributed by atoms with Gasteiger partial charge in [0, 0.05) is 0 Å². The minimum Gasteiger partial charge on any atom is -1.00 e. The summed E-state index contributed by atoms with van der Waals surface area (Å²) in [5, 5.41) is 5.94. The van der Waals surface area contributed by atoms with Crippen molar-refractivity contribution in [3.63, 3.8) is 0 Å². The summed E-state index contributed by atoms with van der Waals surface area (Å²) < 4.78 is 1.54. The molecule has 0 spiro atoms. The normalized spacial score (nSPS) is 19.4. The molecule has 0 atom stereocenters. The van der Waals surface area contributed by atoms with Gasteiger partial charge in [-0.05, 0) is 0 Å². The molecule has 0 bridgehead atoms. The first-order valence-corrected chi connectivity index (χ1v) is 20.2. The van der Waals surface area contributed by atoms with Gasteiger partial charge in [0.15, 0.2) is 0 Å². The van der Waals surface area contributed by atoms with Crippen LogP contribution in [0.15, 0.2) is 78.9 Å². The van der Waals surface area contributed by atoms with Crippen molar-refractivity contribution >= 4 is 14.4 Å². The monoisotopic (exact) mass is 801 g/mol. The van der Waals surface area contributed by atoms with Crippen LogP contribution in [-0.4, -0.2) is 0 Å². The number of hydrogen-bond donors (Lipinski definition) is 0. The quantitative estimate of drug-likeness (QED) is 0.277. The fourth-order valence-electron chi connectivity index (χ4n) is 9.76. The van der Waals surface area contributed by atoms with Crippen LogP contribution in [0.4, 0.5) is 0 Å². The van der Waals surface area contributed by atoms with Crippen LogP contribution in [0.2, 0.25) is 0 Å². The van der Waals surface area contributed by atoms with Gasteiger partial charge in [0.2, 0.25) is 0 Å². The van der Waals surface area contributed by atoms with Gasteiger partial charge in [-0.15, -0.1) is 0 Å². The van der Waals surface area contributed by atoms with Crippen molar-refractivity contribution in [3.8, 4) is 0 Å². The van der Waals surface area contributed by atoms with E-state index in [4.69, 9.17) is 0 Å². The predicted octanol–water partition coefficient (Wildman–Crippen LogP) is 4.90. The molecule has 0 fully saturated rings. The number of benzene rings is 4. The summed E-state index contributed by atoms with van der Waals surface area (Å²) in [4.78, 5) is 0. The van der Waals surface area contributed by atoms with E-state index in [2.05, 4.69) is 148 Å². The van der Waals surface area contributed by atoms with Crippen molar-refractivity contribution in [2.24, 2.45) is 0 Å². The number of fused-ring (bicyclic) bond motifs is 4. The van der Waals surface area contributed by atoms with Crippen LogP contribution in [0.3, 0.4) is 0 Å². The summed E-state index contributed by atoms with van der Waals surface area (Å²) in [5.74, 6) is 0. The topological polar surface area (TPSA) is 0 Å². The number of halogens is 2. The summed E-state index contributed by atoms with van der Waals surface area (Å²) in [5.41, 5.74) is 17.9. The van der Waals surface area contributed by atoms with E-state index in [1.165, 1.54) is 110 Å². The molecule has 0 N–H and O–H groups in total. The van der Waals surface area contributed by atoms with Gasteiger partial charge in [0.25, 0.3) is 0 Å². The van der Waals surface area contributed by atoms with Gasteiger partial charge in [0.05, 0.1) is 0 Å². The molecular weight excluding hydrogens is 751 g/mol. The molecule has 0 nitrogen and oxygen atoms in total. The van der Waals surface area contributed by atoms with E-state index in [9.17, 15) is 0 Å². The van der Waals surface area contributed by atoms with E-state index in [0.717, 1.165) is 6.42 Å². The summed E-state index contributed by atoms with van der Waals surface area (Å²) in [6, 6.07) is 24.1. The largest absolute Gasteiger partial charge is 1.00 e. The van der Waals surface area contributed by atoms with Crippen molar-refractivity contribution < 1.29 is 49.5 Å². The SMILES string of the molecule is Cc1ccc(C(c2ccc(C)cc2)=c2c3c(c(C4=CC=CC4)c4c2=c2cc5c(cc2=[C]4[Zr+2])C(C)(C)CCC5(C)C)C(C)(C)CCC3(C)C)cc1.[Cl-].[Cl-]. The molecule has 4 aliphatic rings. The maximum Gasteiger partial charge on any atom is -1.00 e.